The van der Waals surface area contributed by atoms with E-state index in [4.69, 9.17) is 0 Å². The number of halogens is 3. The zero-order chi connectivity index (χ0) is 14.6. The van der Waals surface area contributed by atoms with Gasteiger partial charge in [0.15, 0.2) is 0 Å². The van der Waals surface area contributed by atoms with Gasteiger partial charge in [-0.25, -0.2) is 4.79 Å². The van der Waals surface area contributed by atoms with E-state index in [1.165, 1.54) is 38.5 Å². The third-order valence-corrected chi connectivity index (χ3v) is 2.96. The maximum absolute atomic E-state index is 11.8. The minimum absolute atomic E-state index is 0. The predicted octanol–water partition coefficient (Wildman–Crippen LogP) is 2.13. The van der Waals surface area contributed by atoms with Crippen LogP contribution >= 0.6 is 0 Å². The Kier molecular flexibility index (Phi) is 16.0. The van der Waals surface area contributed by atoms with Crippen LogP contribution < -0.4 is 29.6 Å². The summed E-state index contributed by atoms with van der Waals surface area (Å²) in [5.74, 6) is -2.08. The summed E-state index contributed by atoms with van der Waals surface area (Å²) in [6.07, 6.45) is 6.12. The van der Waals surface area contributed by atoms with E-state index in [1.54, 1.807) is 0 Å². The molecule has 0 rings (SSSR count). The Hall–Kier alpha value is 0.260. The van der Waals surface area contributed by atoms with Crippen molar-refractivity contribution in [3.8, 4) is 0 Å². The van der Waals surface area contributed by atoms with Crippen molar-refractivity contribution >= 4 is 5.97 Å². The van der Waals surface area contributed by atoms with Crippen LogP contribution in [0.4, 0.5) is 13.2 Å². The van der Waals surface area contributed by atoms with Gasteiger partial charge in [-0.05, 0) is 6.42 Å². The van der Waals surface area contributed by atoms with Crippen LogP contribution in [0.25, 0.3) is 0 Å². The van der Waals surface area contributed by atoms with Crippen molar-refractivity contribution < 1.29 is 53.7 Å². The Morgan fingerprint density at radius 2 is 1.30 bits per heavy atom. The molecule has 116 valence electrons. The van der Waals surface area contributed by atoms with E-state index in [1.807, 2.05) is 0 Å². The second-order valence-corrected chi connectivity index (χ2v) is 4.82. The number of alkyl halides is 3. The van der Waals surface area contributed by atoms with E-state index in [2.05, 4.69) is 11.7 Å². The summed E-state index contributed by atoms with van der Waals surface area (Å²) in [4.78, 5) is 10.4. The van der Waals surface area contributed by atoms with Crippen LogP contribution in [0.1, 0.15) is 72.6 Å². The van der Waals surface area contributed by atoms with Crippen molar-refractivity contribution in [2.75, 3.05) is 6.61 Å². The van der Waals surface area contributed by atoms with Crippen LogP contribution in [0.2, 0.25) is 0 Å². The first-order chi connectivity index (χ1) is 8.98. The SMILES string of the molecule is CCCCCCCCCCCCOC(=O)C(F)(F)F.[H-].[Na+]. The molecule has 2 nitrogen and oxygen atoms in total. The van der Waals surface area contributed by atoms with Gasteiger partial charge in [-0.2, -0.15) is 13.2 Å². The minimum Gasteiger partial charge on any atom is -1.00 e. The third kappa shape index (κ3) is 14.7. The molecule has 0 saturated carbocycles. The number of unbranched alkanes of at least 4 members (excludes halogenated alkanes) is 9. The molecule has 0 fully saturated rings. The largest absolute Gasteiger partial charge is 1.00 e. The van der Waals surface area contributed by atoms with Crippen molar-refractivity contribution in [1.29, 1.82) is 0 Å². The third-order valence-electron chi connectivity index (χ3n) is 2.96. The number of carbonyl (C=O) groups excluding carboxylic acids is 1. The van der Waals surface area contributed by atoms with Crippen LogP contribution in [0.15, 0.2) is 0 Å². The van der Waals surface area contributed by atoms with Gasteiger partial charge in [-0.3, -0.25) is 0 Å². The number of hydrogen-bond acceptors (Lipinski definition) is 2. The fraction of sp³-hybridized carbons (Fsp3) is 0.929. The fourth-order valence-electron chi connectivity index (χ4n) is 1.84. The molecule has 0 bridgehead atoms. The quantitative estimate of drug-likeness (QED) is 0.332. The van der Waals surface area contributed by atoms with Crippen molar-refractivity contribution in [1.82, 2.24) is 0 Å². The van der Waals surface area contributed by atoms with Crippen molar-refractivity contribution in [3.63, 3.8) is 0 Å². The molecule has 0 unspecified atom stereocenters. The van der Waals surface area contributed by atoms with Gasteiger partial charge in [-0.1, -0.05) is 64.7 Å². The summed E-state index contributed by atoms with van der Waals surface area (Å²) < 4.78 is 39.4. The first-order valence-corrected chi connectivity index (χ1v) is 7.22. The summed E-state index contributed by atoms with van der Waals surface area (Å²) in [5.41, 5.74) is 0. The monoisotopic (exact) mass is 306 g/mol. The zero-order valence-corrected chi connectivity index (χ0v) is 14.7. The van der Waals surface area contributed by atoms with Crippen molar-refractivity contribution in [2.45, 2.75) is 77.3 Å². The van der Waals surface area contributed by atoms with E-state index in [0.717, 1.165) is 19.3 Å². The number of esters is 1. The number of hydrogen-bond donors (Lipinski definition) is 0. The molecular weight excluding hydrogens is 280 g/mol. The molecule has 0 aromatic rings. The topological polar surface area (TPSA) is 26.3 Å². The van der Waals surface area contributed by atoms with Crippen LogP contribution in [-0.2, 0) is 9.53 Å². The maximum Gasteiger partial charge on any atom is 1.00 e. The Morgan fingerprint density at radius 1 is 0.900 bits per heavy atom. The molecule has 0 aliphatic carbocycles. The van der Waals surface area contributed by atoms with Gasteiger partial charge < -0.3 is 6.16 Å². The van der Waals surface area contributed by atoms with Gasteiger partial charge >= 0.3 is 41.7 Å². The van der Waals surface area contributed by atoms with Gasteiger partial charge in [0.2, 0.25) is 0 Å². The van der Waals surface area contributed by atoms with Crippen molar-refractivity contribution in [3.05, 3.63) is 0 Å². The smallest absolute Gasteiger partial charge is 1.00 e. The summed E-state index contributed by atoms with van der Waals surface area (Å²) in [5, 5.41) is 0. The summed E-state index contributed by atoms with van der Waals surface area (Å²) in [7, 11) is 0. The van der Waals surface area contributed by atoms with Gasteiger partial charge in [0.05, 0.1) is 6.61 Å². The molecular formula is C14H26F3NaO2. The molecule has 0 amide bonds. The predicted molar refractivity (Wildman–Crippen MR) is 70.0 cm³/mol. The number of rotatable bonds is 11. The summed E-state index contributed by atoms with van der Waals surface area (Å²) >= 11 is 0. The number of ether oxygens (including phenoxy) is 1. The Labute approximate surface area is 143 Å². The first kappa shape index (κ1) is 22.5. The first-order valence-electron chi connectivity index (χ1n) is 7.22. The van der Waals surface area contributed by atoms with Gasteiger partial charge in [0.1, 0.15) is 0 Å². The standard InChI is InChI=1S/C14H25F3O2.Na.H/c1-2-3-4-5-6-7-8-9-10-11-12-19-13(18)14(15,16)17;;/h2-12H2,1H3;;/q;+1;-1. The van der Waals surface area contributed by atoms with Crippen LogP contribution in [0, 0.1) is 0 Å². The second kappa shape index (κ2) is 14.2. The molecule has 0 aliphatic heterocycles. The minimum atomic E-state index is -4.86. The molecule has 0 heterocycles. The zero-order valence-electron chi connectivity index (χ0n) is 13.7. The molecule has 0 spiro atoms. The molecule has 6 heteroatoms. The molecule has 0 saturated heterocycles. The molecule has 0 atom stereocenters. The molecule has 0 aliphatic rings. The average molecular weight is 306 g/mol. The van der Waals surface area contributed by atoms with E-state index >= 15 is 0 Å². The molecule has 0 aromatic carbocycles. The number of carbonyl (C=O) groups is 1. The molecule has 0 aromatic heterocycles. The van der Waals surface area contributed by atoms with Crippen LogP contribution in [0.3, 0.4) is 0 Å². The van der Waals surface area contributed by atoms with E-state index in [0.29, 0.717) is 6.42 Å². The van der Waals surface area contributed by atoms with E-state index in [9.17, 15) is 18.0 Å². The Bertz CT molecular complexity index is 239. The van der Waals surface area contributed by atoms with Gasteiger partial charge in [0, 0.05) is 0 Å². The summed E-state index contributed by atoms with van der Waals surface area (Å²) in [6, 6.07) is 0. The summed E-state index contributed by atoms with van der Waals surface area (Å²) in [6.45, 7) is 2.06. The Morgan fingerprint density at radius 3 is 1.70 bits per heavy atom. The molecule has 0 N–H and O–H groups in total. The Balaban J connectivity index is -0.00000162. The second-order valence-electron chi connectivity index (χ2n) is 4.82. The maximum atomic E-state index is 11.8. The van der Waals surface area contributed by atoms with Gasteiger partial charge in [-0.15, -0.1) is 0 Å². The van der Waals surface area contributed by atoms with Crippen LogP contribution in [0.5, 0.6) is 0 Å². The van der Waals surface area contributed by atoms with E-state index in [-0.39, 0.29) is 37.6 Å². The fourth-order valence-corrected chi connectivity index (χ4v) is 1.84. The van der Waals surface area contributed by atoms with E-state index < -0.39 is 12.1 Å². The molecule has 20 heavy (non-hydrogen) atoms. The average Bonchev–Trinajstić information content (AvgIpc) is 2.34. The molecule has 0 radical (unpaired) electrons. The van der Waals surface area contributed by atoms with Crippen molar-refractivity contribution in [2.24, 2.45) is 0 Å². The normalized spacial score (nSPS) is 11.0. The van der Waals surface area contributed by atoms with Gasteiger partial charge in [0.25, 0.3) is 0 Å². The van der Waals surface area contributed by atoms with Crippen LogP contribution in [-0.4, -0.2) is 18.8 Å².